The van der Waals surface area contributed by atoms with Gasteiger partial charge >= 0.3 is 0 Å². The molecule has 0 heteroatoms. The van der Waals surface area contributed by atoms with Crippen LogP contribution in [0, 0.1) is 24.7 Å². The van der Waals surface area contributed by atoms with E-state index in [9.17, 15) is 0 Å². The van der Waals surface area contributed by atoms with Crippen molar-refractivity contribution >= 4 is 0 Å². The largest absolute Gasteiger partial charge is 0.115 e. The van der Waals surface area contributed by atoms with Crippen molar-refractivity contribution in [3.05, 3.63) is 58.7 Å². The Labute approximate surface area is 127 Å². The van der Waals surface area contributed by atoms with Gasteiger partial charge in [-0.15, -0.1) is 12.8 Å². The Kier molecular flexibility index (Phi) is 3.12. The number of benzene rings is 2. The molecule has 0 amide bonds. The van der Waals surface area contributed by atoms with E-state index in [0.717, 1.165) is 24.0 Å². The van der Waals surface area contributed by atoms with E-state index in [4.69, 9.17) is 12.8 Å². The third-order valence-corrected chi connectivity index (χ3v) is 4.90. The lowest BCUT2D eigenvalue weighted by Gasteiger charge is -2.29. The van der Waals surface area contributed by atoms with E-state index in [0.29, 0.717) is 0 Å². The highest BCUT2D eigenvalue weighted by Crippen LogP contribution is 2.52. The van der Waals surface area contributed by atoms with Gasteiger partial charge in [0.2, 0.25) is 0 Å². The minimum absolute atomic E-state index is 0.0321. The molecule has 3 rings (SSSR count). The van der Waals surface area contributed by atoms with E-state index < -0.39 is 0 Å². The molecule has 2 aromatic carbocycles. The van der Waals surface area contributed by atoms with Gasteiger partial charge in [0.15, 0.2) is 0 Å². The normalized spacial score (nSPS) is 13.9. The van der Waals surface area contributed by atoms with E-state index in [1.807, 2.05) is 12.1 Å². The standard InChI is InChI=1S/C21H18/c1-5-15-9-11-17-18-12-10-16(6-2)14-20(18)21(7-3,8-4)19(17)13-15/h1-2,9-14H,7-8H2,3-4H3. The molecule has 1 aliphatic rings. The lowest BCUT2D eigenvalue weighted by molar-refractivity contribution is 0.490. The average Bonchev–Trinajstić information content (AvgIpc) is 2.83. The third-order valence-electron chi connectivity index (χ3n) is 4.90. The van der Waals surface area contributed by atoms with Gasteiger partial charge in [0.1, 0.15) is 0 Å². The van der Waals surface area contributed by atoms with Crippen LogP contribution >= 0.6 is 0 Å². The van der Waals surface area contributed by atoms with Crippen LogP contribution < -0.4 is 0 Å². The summed E-state index contributed by atoms with van der Waals surface area (Å²) in [5, 5.41) is 0. The molecule has 0 bridgehead atoms. The molecule has 0 heterocycles. The molecule has 0 saturated heterocycles. The minimum Gasteiger partial charge on any atom is -0.115 e. The lowest BCUT2D eigenvalue weighted by atomic mass is 9.73. The van der Waals surface area contributed by atoms with Crippen molar-refractivity contribution in [2.75, 3.05) is 0 Å². The molecule has 0 N–H and O–H groups in total. The van der Waals surface area contributed by atoms with Crippen LogP contribution in [0.2, 0.25) is 0 Å². The van der Waals surface area contributed by atoms with Crippen LogP contribution in [0.1, 0.15) is 48.9 Å². The number of hydrogen-bond acceptors (Lipinski definition) is 0. The number of terminal acetylenes is 2. The molecule has 0 saturated carbocycles. The molecule has 2 aromatic rings. The van der Waals surface area contributed by atoms with Gasteiger partial charge in [-0.1, -0.05) is 37.8 Å². The third kappa shape index (κ3) is 1.73. The summed E-state index contributed by atoms with van der Waals surface area (Å²) in [4.78, 5) is 0. The number of fused-ring (bicyclic) bond motifs is 3. The van der Waals surface area contributed by atoms with Crippen LogP contribution in [-0.2, 0) is 5.41 Å². The molecule has 0 spiro atoms. The molecule has 21 heavy (non-hydrogen) atoms. The van der Waals surface area contributed by atoms with Gasteiger partial charge in [-0.3, -0.25) is 0 Å². The molecule has 1 aliphatic carbocycles. The quantitative estimate of drug-likeness (QED) is 0.692. The van der Waals surface area contributed by atoms with Crippen molar-refractivity contribution in [1.29, 1.82) is 0 Å². The summed E-state index contributed by atoms with van der Waals surface area (Å²) in [5.41, 5.74) is 7.24. The number of hydrogen-bond donors (Lipinski definition) is 0. The van der Waals surface area contributed by atoms with Gasteiger partial charge in [-0.25, -0.2) is 0 Å². The fourth-order valence-electron chi connectivity index (χ4n) is 3.69. The van der Waals surface area contributed by atoms with Crippen LogP contribution in [0.3, 0.4) is 0 Å². The lowest BCUT2D eigenvalue weighted by Crippen LogP contribution is -2.23. The SMILES string of the molecule is C#Cc1ccc2c(c1)C(CC)(CC)c1cc(C#C)ccc1-2. The molecule has 0 atom stereocenters. The first-order chi connectivity index (χ1) is 10.2. The minimum atomic E-state index is 0.0321. The second-order valence-electron chi connectivity index (χ2n) is 5.60. The first-order valence-electron chi connectivity index (χ1n) is 7.42. The van der Waals surface area contributed by atoms with Gasteiger partial charge in [-0.05, 0) is 59.4 Å². The van der Waals surface area contributed by atoms with E-state index in [1.54, 1.807) is 0 Å². The zero-order valence-electron chi connectivity index (χ0n) is 12.5. The van der Waals surface area contributed by atoms with Crippen molar-refractivity contribution in [3.63, 3.8) is 0 Å². The molecule has 0 aliphatic heterocycles. The molecule has 0 nitrogen and oxygen atoms in total. The maximum Gasteiger partial charge on any atom is 0.0246 e. The predicted molar refractivity (Wildman–Crippen MR) is 89.1 cm³/mol. The van der Waals surface area contributed by atoms with Gasteiger partial charge < -0.3 is 0 Å². The molecule has 0 fully saturated rings. The Bertz CT molecular complexity index is 724. The Morgan fingerprint density at radius 1 is 0.810 bits per heavy atom. The Morgan fingerprint density at radius 2 is 1.24 bits per heavy atom. The average molecular weight is 270 g/mol. The van der Waals surface area contributed by atoms with Crippen molar-refractivity contribution in [2.24, 2.45) is 0 Å². The number of rotatable bonds is 2. The summed E-state index contributed by atoms with van der Waals surface area (Å²) in [6.07, 6.45) is 13.3. The van der Waals surface area contributed by atoms with E-state index >= 15 is 0 Å². The first-order valence-corrected chi connectivity index (χ1v) is 7.42. The monoisotopic (exact) mass is 270 g/mol. The molecular weight excluding hydrogens is 252 g/mol. The van der Waals surface area contributed by atoms with Gasteiger partial charge in [0.25, 0.3) is 0 Å². The second kappa shape index (κ2) is 4.83. The van der Waals surface area contributed by atoms with Crippen molar-refractivity contribution < 1.29 is 0 Å². The summed E-state index contributed by atoms with van der Waals surface area (Å²) in [6, 6.07) is 12.7. The van der Waals surface area contributed by atoms with Crippen molar-refractivity contribution in [1.82, 2.24) is 0 Å². The van der Waals surface area contributed by atoms with Gasteiger partial charge in [-0.2, -0.15) is 0 Å². The molecule has 102 valence electrons. The van der Waals surface area contributed by atoms with Crippen LogP contribution in [0.25, 0.3) is 11.1 Å². The van der Waals surface area contributed by atoms with Gasteiger partial charge in [0.05, 0.1) is 0 Å². The highest BCUT2D eigenvalue weighted by atomic mass is 14.4. The molecule has 0 aromatic heterocycles. The zero-order valence-corrected chi connectivity index (χ0v) is 12.5. The molecule has 0 unspecified atom stereocenters. The van der Waals surface area contributed by atoms with Crippen LogP contribution in [0.15, 0.2) is 36.4 Å². The summed E-state index contributed by atoms with van der Waals surface area (Å²) in [7, 11) is 0. The van der Waals surface area contributed by atoms with Crippen LogP contribution in [-0.4, -0.2) is 0 Å². The fraction of sp³-hybridized carbons (Fsp3) is 0.238. The molecular formula is C21H18. The predicted octanol–water partition coefficient (Wildman–Crippen LogP) is 4.74. The Balaban J connectivity index is 2.37. The Hall–Kier alpha value is -2.44. The summed E-state index contributed by atoms with van der Waals surface area (Å²) in [6.45, 7) is 4.49. The summed E-state index contributed by atoms with van der Waals surface area (Å²) in [5.74, 6) is 5.52. The first kappa shape index (κ1) is 13.5. The zero-order chi connectivity index (χ0) is 15.0. The van der Waals surface area contributed by atoms with E-state index in [-0.39, 0.29) is 5.41 Å². The highest BCUT2D eigenvalue weighted by Gasteiger charge is 2.40. The van der Waals surface area contributed by atoms with E-state index in [2.05, 4.69) is 50.0 Å². The van der Waals surface area contributed by atoms with Gasteiger partial charge in [0, 0.05) is 16.5 Å². The smallest absolute Gasteiger partial charge is 0.0246 e. The summed E-state index contributed by atoms with van der Waals surface area (Å²) >= 11 is 0. The van der Waals surface area contributed by atoms with Crippen LogP contribution in [0.4, 0.5) is 0 Å². The highest BCUT2D eigenvalue weighted by molar-refractivity contribution is 5.82. The fourth-order valence-corrected chi connectivity index (χ4v) is 3.69. The molecule has 0 radical (unpaired) electrons. The topological polar surface area (TPSA) is 0 Å². The second-order valence-corrected chi connectivity index (χ2v) is 5.60. The van der Waals surface area contributed by atoms with E-state index in [1.165, 1.54) is 22.3 Å². The Morgan fingerprint density at radius 3 is 1.57 bits per heavy atom. The van der Waals surface area contributed by atoms with Crippen LogP contribution in [0.5, 0.6) is 0 Å². The maximum absolute atomic E-state index is 5.59. The maximum atomic E-state index is 5.59. The van der Waals surface area contributed by atoms with Crippen molar-refractivity contribution in [2.45, 2.75) is 32.1 Å². The van der Waals surface area contributed by atoms with Crippen molar-refractivity contribution in [3.8, 4) is 35.8 Å². The summed E-state index contributed by atoms with van der Waals surface area (Å²) < 4.78 is 0.